The molecule has 1 aromatic rings. The van der Waals surface area contributed by atoms with Gasteiger partial charge in [0.05, 0.1) is 13.0 Å². The van der Waals surface area contributed by atoms with E-state index in [0.29, 0.717) is 12.3 Å². The molecule has 1 amide bonds. The van der Waals surface area contributed by atoms with Crippen LogP contribution in [0.1, 0.15) is 11.5 Å². The maximum atomic E-state index is 11.9. The first-order chi connectivity index (χ1) is 10.6. The van der Waals surface area contributed by atoms with Gasteiger partial charge in [0.1, 0.15) is 12.4 Å². The fourth-order valence-corrected chi connectivity index (χ4v) is 2.63. The molecule has 1 N–H and O–H groups in total. The van der Waals surface area contributed by atoms with Crippen LogP contribution in [0.15, 0.2) is 36.9 Å². The Kier molecular flexibility index (Phi) is 5.04. The first kappa shape index (κ1) is 15.9. The third-order valence-corrected chi connectivity index (χ3v) is 3.74. The molecule has 2 atom stereocenters. The van der Waals surface area contributed by atoms with Crippen molar-refractivity contribution in [2.24, 2.45) is 5.92 Å². The van der Waals surface area contributed by atoms with Gasteiger partial charge in [0, 0.05) is 19.0 Å². The number of carbonyl (C=O) groups is 2. The van der Waals surface area contributed by atoms with Gasteiger partial charge in [-0.3, -0.25) is 4.79 Å². The lowest BCUT2D eigenvalue weighted by molar-refractivity contribution is -0.141. The van der Waals surface area contributed by atoms with Crippen LogP contribution < -0.4 is 4.74 Å². The largest absolute Gasteiger partial charge is 0.497 e. The van der Waals surface area contributed by atoms with Crippen molar-refractivity contribution in [2.75, 3.05) is 26.8 Å². The first-order valence-corrected chi connectivity index (χ1v) is 6.96. The molecule has 1 aromatic carbocycles. The lowest BCUT2D eigenvalue weighted by Gasteiger charge is -2.16. The van der Waals surface area contributed by atoms with E-state index in [1.807, 2.05) is 12.1 Å². The van der Waals surface area contributed by atoms with Gasteiger partial charge in [0.2, 0.25) is 0 Å². The molecule has 1 fully saturated rings. The molecule has 1 aliphatic rings. The van der Waals surface area contributed by atoms with E-state index in [0.717, 1.165) is 5.56 Å². The monoisotopic (exact) mass is 305 g/mol. The molecule has 0 bridgehead atoms. The molecule has 22 heavy (non-hydrogen) atoms. The van der Waals surface area contributed by atoms with Crippen LogP contribution in [0, 0.1) is 5.92 Å². The number of nitrogens with zero attached hydrogens (tertiary/aromatic N) is 1. The van der Waals surface area contributed by atoms with Crippen LogP contribution in [0.3, 0.4) is 0 Å². The minimum Gasteiger partial charge on any atom is -0.497 e. The van der Waals surface area contributed by atoms with Gasteiger partial charge < -0.3 is 19.5 Å². The highest BCUT2D eigenvalue weighted by atomic mass is 16.6. The summed E-state index contributed by atoms with van der Waals surface area (Å²) in [6.07, 6.45) is 0.957. The minimum absolute atomic E-state index is 0.108. The molecule has 0 saturated carbocycles. The molecule has 0 spiro atoms. The Hall–Kier alpha value is -2.50. The van der Waals surface area contributed by atoms with Gasteiger partial charge in [0.25, 0.3) is 0 Å². The molecule has 0 aliphatic carbocycles. The second-order valence-corrected chi connectivity index (χ2v) is 5.10. The lowest BCUT2D eigenvalue weighted by atomic mass is 9.89. The van der Waals surface area contributed by atoms with Crippen LogP contribution in [0.25, 0.3) is 0 Å². The number of amides is 1. The quantitative estimate of drug-likeness (QED) is 0.843. The van der Waals surface area contributed by atoms with Crippen molar-refractivity contribution >= 4 is 12.1 Å². The van der Waals surface area contributed by atoms with Crippen molar-refractivity contribution in [1.82, 2.24) is 4.90 Å². The predicted molar refractivity (Wildman–Crippen MR) is 80.0 cm³/mol. The lowest BCUT2D eigenvalue weighted by Crippen LogP contribution is -2.30. The zero-order chi connectivity index (χ0) is 16.1. The molecule has 6 heteroatoms. The molecule has 1 heterocycles. The number of carboxylic acids is 1. The Balaban J connectivity index is 2.19. The summed E-state index contributed by atoms with van der Waals surface area (Å²) in [6.45, 7) is 4.03. The number of carbonyl (C=O) groups excluding carboxylic acids is 1. The normalized spacial score (nSPS) is 20.5. The summed E-state index contributed by atoms with van der Waals surface area (Å²) < 4.78 is 10.2. The van der Waals surface area contributed by atoms with E-state index in [1.165, 1.54) is 11.0 Å². The van der Waals surface area contributed by atoms with Crippen LogP contribution >= 0.6 is 0 Å². The summed E-state index contributed by atoms with van der Waals surface area (Å²) in [5.41, 5.74) is 0.839. The van der Waals surface area contributed by atoms with Crippen molar-refractivity contribution in [3.05, 3.63) is 42.5 Å². The number of benzene rings is 1. The highest BCUT2D eigenvalue weighted by Gasteiger charge is 2.41. The minimum atomic E-state index is -0.924. The van der Waals surface area contributed by atoms with E-state index in [1.54, 1.807) is 19.2 Å². The molecular formula is C16H19NO5. The Morgan fingerprint density at radius 2 is 2.23 bits per heavy atom. The SMILES string of the molecule is C=CCOC(=O)N1C[C@@H](C(=O)O)[C@H](c2cccc(OC)c2)C1. The van der Waals surface area contributed by atoms with Gasteiger partial charge in [-0.15, -0.1) is 0 Å². The van der Waals surface area contributed by atoms with Gasteiger partial charge >= 0.3 is 12.1 Å². The molecule has 1 aliphatic heterocycles. The molecule has 2 rings (SSSR count). The van der Waals surface area contributed by atoms with Crippen LogP contribution in [-0.2, 0) is 9.53 Å². The summed E-state index contributed by atoms with van der Waals surface area (Å²) in [7, 11) is 1.56. The Labute approximate surface area is 128 Å². The number of ether oxygens (including phenoxy) is 2. The van der Waals surface area contributed by atoms with Crippen molar-refractivity contribution in [3.8, 4) is 5.75 Å². The van der Waals surface area contributed by atoms with Crippen LogP contribution in [0.5, 0.6) is 5.75 Å². The van der Waals surface area contributed by atoms with E-state index >= 15 is 0 Å². The molecular weight excluding hydrogens is 286 g/mol. The molecule has 6 nitrogen and oxygen atoms in total. The highest BCUT2D eigenvalue weighted by Crippen LogP contribution is 2.34. The number of hydrogen-bond donors (Lipinski definition) is 1. The van der Waals surface area contributed by atoms with Crippen LogP contribution in [0.2, 0.25) is 0 Å². The zero-order valence-electron chi connectivity index (χ0n) is 12.4. The topological polar surface area (TPSA) is 76.1 Å². The molecule has 0 aromatic heterocycles. The average Bonchev–Trinajstić information content (AvgIpc) is 2.98. The predicted octanol–water partition coefficient (Wildman–Crippen LogP) is 2.12. The van der Waals surface area contributed by atoms with Crippen molar-refractivity contribution < 1.29 is 24.2 Å². The Morgan fingerprint density at radius 3 is 2.86 bits per heavy atom. The smallest absolute Gasteiger partial charge is 0.410 e. The second-order valence-electron chi connectivity index (χ2n) is 5.10. The van der Waals surface area contributed by atoms with Gasteiger partial charge in [0.15, 0.2) is 0 Å². The van der Waals surface area contributed by atoms with E-state index in [4.69, 9.17) is 9.47 Å². The third kappa shape index (κ3) is 3.39. The van der Waals surface area contributed by atoms with E-state index < -0.39 is 18.0 Å². The Bertz CT molecular complexity index is 571. The average molecular weight is 305 g/mol. The number of methoxy groups -OCH3 is 1. The van der Waals surface area contributed by atoms with Gasteiger partial charge in [-0.2, -0.15) is 0 Å². The van der Waals surface area contributed by atoms with Gasteiger partial charge in [-0.05, 0) is 17.7 Å². The third-order valence-electron chi connectivity index (χ3n) is 3.74. The molecule has 118 valence electrons. The van der Waals surface area contributed by atoms with E-state index in [9.17, 15) is 14.7 Å². The standard InChI is InChI=1S/C16H19NO5/c1-3-7-22-16(20)17-9-13(14(10-17)15(18)19)11-5-4-6-12(8-11)21-2/h3-6,8,13-14H,1,7,9-10H2,2H3,(H,18,19)/t13-,14+/m0/s1. The summed E-state index contributed by atoms with van der Waals surface area (Å²) in [5, 5.41) is 9.42. The van der Waals surface area contributed by atoms with Crippen molar-refractivity contribution in [1.29, 1.82) is 0 Å². The summed E-state index contributed by atoms with van der Waals surface area (Å²) in [6, 6.07) is 7.26. The molecule has 1 saturated heterocycles. The number of carboxylic acid groups (broad SMARTS) is 1. The van der Waals surface area contributed by atoms with Crippen LogP contribution in [0.4, 0.5) is 4.79 Å². The second kappa shape index (κ2) is 6.98. The zero-order valence-corrected chi connectivity index (χ0v) is 12.4. The van der Waals surface area contributed by atoms with Gasteiger partial charge in [-0.1, -0.05) is 24.8 Å². The molecule has 0 radical (unpaired) electrons. The number of rotatable bonds is 5. The summed E-state index contributed by atoms with van der Waals surface area (Å²) >= 11 is 0. The summed E-state index contributed by atoms with van der Waals surface area (Å²) in [5.74, 6) is -1.21. The first-order valence-electron chi connectivity index (χ1n) is 6.96. The summed E-state index contributed by atoms with van der Waals surface area (Å²) in [4.78, 5) is 24.8. The van der Waals surface area contributed by atoms with Crippen molar-refractivity contribution in [2.45, 2.75) is 5.92 Å². The van der Waals surface area contributed by atoms with E-state index in [-0.39, 0.29) is 19.1 Å². The molecule has 0 unspecified atom stereocenters. The highest BCUT2D eigenvalue weighted by molar-refractivity contribution is 5.75. The van der Waals surface area contributed by atoms with Crippen LogP contribution in [-0.4, -0.2) is 48.9 Å². The number of likely N-dealkylation sites (tertiary alicyclic amines) is 1. The Morgan fingerprint density at radius 1 is 1.45 bits per heavy atom. The fourth-order valence-electron chi connectivity index (χ4n) is 2.63. The number of hydrogen-bond acceptors (Lipinski definition) is 4. The maximum absolute atomic E-state index is 11.9. The van der Waals surface area contributed by atoms with Gasteiger partial charge in [-0.25, -0.2) is 4.79 Å². The van der Waals surface area contributed by atoms with E-state index in [2.05, 4.69) is 6.58 Å². The van der Waals surface area contributed by atoms with Crippen molar-refractivity contribution in [3.63, 3.8) is 0 Å². The number of aliphatic carboxylic acids is 1. The fraction of sp³-hybridized carbons (Fsp3) is 0.375. The maximum Gasteiger partial charge on any atom is 0.410 e.